The van der Waals surface area contributed by atoms with E-state index in [0.717, 1.165) is 11.8 Å². The lowest BCUT2D eigenvalue weighted by Gasteiger charge is -1.97. The van der Waals surface area contributed by atoms with Gasteiger partial charge < -0.3 is 4.42 Å². The molecule has 0 bridgehead atoms. The number of thioether (sulfide) groups is 1. The minimum atomic E-state index is -0.483. The molecule has 0 radical (unpaired) electrons. The van der Waals surface area contributed by atoms with Crippen molar-refractivity contribution in [3.8, 4) is 0 Å². The summed E-state index contributed by atoms with van der Waals surface area (Å²) < 4.78 is 4.95. The van der Waals surface area contributed by atoms with Crippen molar-refractivity contribution in [2.75, 3.05) is 0 Å². The molecular formula is C11H7NO4S. The van der Waals surface area contributed by atoms with Crippen LogP contribution in [0, 0.1) is 10.1 Å². The molecular weight excluding hydrogens is 242 g/mol. The van der Waals surface area contributed by atoms with Crippen LogP contribution in [0.4, 0.5) is 5.69 Å². The fourth-order valence-electron chi connectivity index (χ4n) is 1.19. The van der Waals surface area contributed by atoms with Crippen molar-refractivity contribution in [1.29, 1.82) is 0 Å². The molecule has 0 aliphatic heterocycles. The average Bonchev–Trinajstić information content (AvgIpc) is 2.83. The number of nitro groups is 1. The summed E-state index contributed by atoms with van der Waals surface area (Å²) in [5, 5.41) is 10.2. The number of rotatable bonds is 3. The van der Waals surface area contributed by atoms with E-state index < -0.39 is 4.92 Å². The van der Waals surface area contributed by atoms with Crippen LogP contribution in [0.5, 0.6) is 0 Å². The van der Waals surface area contributed by atoms with Crippen molar-refractivity contribution in [1.82, 2.24) is 0 Å². The van der Waals surface area contributed by atoms with E-state index in [-0.39, 0.29) is 16.6 Å². The zero-order valence-electron chi connectivity index (χ0n) is 8.53. The van der Waals surface area contributed by atoms with Crippen LogP contribution in [0.15, 0.2) is 52.0 Å². The Morgan fingerprint density at radius 3 is 2.47 bits per heavy atom. The lowest BCUT2D eigenvalue weighted by atomic mass is 10.3. The van der Waals surface area contributed by atoms with Gasteiger partial charge in [-0.2, -0.15) is 0 Å². The zero-order chi connectivity index (χ0) is 12.3. The van der Waals surface area contributed by atoms with E-state index in [9.17, 15) is 14.9 Å². The van der Waals surface area contributed by atoms with Crippen LogP contribution in [0.1, 0.15) is 10.6 Å². The number of non-ortho nitro benzene ring substituents is 1. The molecule has 1 aromatic carbocycles. The number of hydrogen-bond donors (Lipinski definition) is 0. The third-order valence-corrected chi connectivity index (χ3v) is 2.87. The highest BCUT2D eigenvalue weighted by atomic mass is 32.2. The molecule has 17 heavy (non-hydrogen) atoms. The molecule has 0 aliphatic rings. The highest BCUT2D eigenvalue weighted by Gasteiger charge is 2.11. The Morgan fingerprint density at radius 1 is 1.24 bits per heavy atom. The number of carbonyl (C=O) groups is 1. The number of hydrogen-bond acceptors (Lipinski definition) is 5. The second-order valence-electron chi connectivity index (χ2n) is 3.12. The van der Waals surface area contributed by atoms with Crippen LogP contribution in [0.25, 0.3) is 0 Å². The van der Waals surface area contributed by atoms with Gasteiger partial charge in [-0.15, -0.1) is 0 Å². The summed E-state index contributed by atoms with van der Waals surface area (Å²) in [4.78, 5) is 22.2. The van der Waals surface area contributed by atoms with Crippen molar-refractivity contribution >= 4 is 22.6 Å². The Balaban J connectivity index is 2.09. The highest BCUT2D eigenvalue weighted by molar-refractivity contribution is 8.14. The van der Waals surface area contributed by atoms with E-state index in [1.54, 1.807) is 12.1 Å². The van der Waals surface area contributed by atoms with E-state index in [1.807, 2.05) is 0 Å². The summed E-state index contributed by atoms with van der Waals surface area (Å²) in [6.07, 6.45) is 1.42. The minimum Gasteiger partial charge on any atom is -0.460 e. The van der Waals surface area contributed by atoms with Gasteiger partial charge >= 0.3 is 0 Å². The predicted molar refractivity (Wildman–Crippen MR) is 62.0 cm³/mol. The number of carbonyl (C=O) groups excluding carboxylic acids is 1. The Morgan fingerprint density at radius 2 is 1.94 bits per heavy atom. The SMILES string of the molecule is O=C(Sc1ccc([N+](=O)[O-])cc1)c1ccco1. The molecule has 0 fully saturated rings. The van der Waals surface area contributed by atoms with Crippen LogP contribution in [0.3, 0.4) is 0 Å². The van der Waals surface area contributed by atoms with Gasteiger partial charge in [0, 0.05) is 17.0 Å². The molecule has 0 saturated heterocycles. The largest absolute Gasteiger partial charge is 0.460 e. The molecule has 0 unspecified atom stereocenters. The fraction of sp³-hybridized carbons (Fsp3) is 0. The molecule has 6 heteroatoms. The van der Waals surface area contributed by atoms with Crippen molar-refractivity contribution in [2.24, 2.45) is 0 Å². The van der Waals surface area contributed by atoms with Gasteiger partial charge in [0.1, 0.15) is 0 Å². The zero-order valence-corrected chi connectivity index (χ0v) is 9.35. The molecule has 0 aliphatic carbocycles. The quantitative estimate of drug-likeness (QED) is 0.474. The summed E-state index contributed by atoms with van der Waals surface area (Å²) in [6.45, 7) is 0. The second-order valence-corrected chi connectivity index (χ2v) is 4.16. The third kappa shape index (κ3) is 2.73. The second kappa shape index (κ2) is 4.84. The van der Waals surface area contributed by atoms with Crippen LogP contribution in [-0.2, 0) is 0 Å². The lowest BCUT2D eigenvalue weighted by Crippen LogP contribution is -1.91. The average molecular weight is 249 g/mol. The normalized spacial score (nSPS) is 10.1. The molecule has 86 valence electrons. The number of nitro benzene ring substituents is 1. The smallest absolute Gasteiger partial charge is 0.269 e. The monoisotopic (exact) mass is 249 g/mol. The molecule has 0 amide bonds. The molecule has 1 heterocycles. The lowest BCUT2D eigenvalue weighted by molar-refractivity contribution is -0.384. The molecule has 1 aromatic heterocycles. The van der Waals surface area contributed by atoms with Gasteiger partial charge in [0.05, 0.1) is 11.2 Å². The van der Waals surface area contributed by atoms with Crippen molar-refractivity contribution in [3.63, 3.8) is 0 Å². The van der Waals surface area contributed by atoms with E-state index in [0.29, 0.717) is 4.90 Å². The number of benzene rings is 1. The summed E-state index contributed by atoms with van der Waals surface area (Å²) in [5.74, 6) is 0.258. The van der Waals surface area contributed by atoms with Gasteiger partial charge in [0.15, 0.2) is 5.76 Å². The van der Waals surface area contributed by atoms with E-state index in [2.05, 4.69) is 0 Å². The number of nitrogens with zero attached hydrogens (tertiary/aromatic N) is 1. The molecule has 5 nitrogen and oxygen atoms in total. The van der Waals surface area contributed by atoms with E-state index in [1.165, 1.54) is 30.5 Å². The first-order chi connectivity index (χ1) is 8.16. The Bertz CT molecular complexity index is 533. The first-order valence-electron chi connectivity index (χ1n) is 4.67. The standard InChI is InChI=1S/C11H7NO4S/c13-11(10-2-1-7-16-10)17-9-5-3-8(4-6-9)12(14)15/h1-7H. The maximum Gasteiger partial charge on any atom is 0.269 e. The fourth-order valence-corrected chi connectivity index (χ4v) is 1.89. The Labute approximate surface area is 101 Å². The van der Waals surface area contributed by atoms with Crippen LogP contribution in [-0.4, -0.2) is 10.0 Å². The minimum absolute atomic E-state index is 0.000187. The van der Waals surface area contributed by atoms with Gasteiger partial charge in [-0.05, 0) is 36.0 Å². The molecule has 0 spiro atoms. The van der Waals surface area contributed by atoms with Gasteiger partial charge in [-0.3, -0.25) is 14.9 Å². The summed E-state index contributed by atoms with van der Waals surface area (Å²) >= 11 is 0.966. The number of furan rings is 1. The van der Waals surface area contributed by atoms with Gasteiger partial charge in [-0.1, -0.05) is 0 Å². The molecule has 2 aromatic rings. The van der Waals surface area contributed by atoms with Crippen LogP contribution in [0.2, 0.25) is 0 Å². The highest BCUT2D eigenvalue weighted by Crippen LogP contribution is 2.24. The summed E-state index contributed by atoms with van der Waals surface area (Å²) in [6, 6.07) is 8.98. The first kappa shape index (κ1) is 11.4. The van der Waals surface area contributed by atoms with Crippen molar-refractivity contribution in [3.05, 3.63) is 58.5 Å². The summed E-state index contributed by atoms with van der Waals surface area (Å²) in [5.41, 5.74) is -0.000187. The van der Waals surface area contributed by atoms with Crippen LogP contribution < -0.4 is 0 Å². The van der Waals surface area contributed by atoms with Crippen LogP contribution >= 0.6 is 11.8 Å². The Kier molecular flexibility index (Phi) is 3.24. The first-order valence-corrected chi connectivity index (χ1v) is 5.48. The Hall–Kier alpha value is -2.08. The molecule has 0 saturated carbocycles. The van der Waals surface area contributed by atoms with Gasteiger partial charge in [0.25, 0.3) is 10.8 Å². The summed E-state index contributed by atoms with van der Waals surface area (Å²) in [7, 11) is 0. The third-order valence-electron chi connectivity index (χ3n) is 1.98. The van der Waals surface area contributed by atoms with Crippen molar-refractivity contribution in [2.45, 2.75) is 4.90 Å². The van der Waals surface area contributed by atoms with Gasteiger partial charge in [0.2, 0.25) is 0 Å². The van der Waals surface area contributed by atoms with Crippen molar-refractivity contribution < 1.29 is 14.1 Å². The molecule has 2 rings (SSSR count). The maximum atomic E-state index is 11.6. The van der Waals surface area contributed by atoms with Gasteiger partial charge in [-0.25, -0.2) is 0 Å². The maximum absolute atomic E-state index is 11.6. The molecule has 0 atom stereocenters. The van der Waals surface area contributed by atoms with E-state index >= 15 is 0 Å². The predicted octanol–water partition coefficient (Wildman–Crippen LogP) is 3.12. The topological polar surface area (TPSA) is 73.3 Å². The molecule has 0 N–H and O–H groups in total. The van der Waals surface area contributed by atoms with E-state index in [4.69, 9.17) is 4.42 Å².